The molecule has 0 radical (unpaired) electrons. The first-order valence-electron chi connectivity index (χ1n) is 17.4. The van der Waals surface area contributed by atoms with E-state index in [2.05, 4.69) is 36.9 Å². The summed E-state index contributed by atoms with van der Waals surface area (Å²) >= 11 is 0. The van der Waals surface area contributed by atoms with Crippen molar-refractivity contribution in [1.29, 1.82) is 0 Å². The molecule has 1 aliphatic rings. The molecule has 0 aliphatic carbocycles. The van der Waals surface area contributed by atoms with Gasteiger partial charge in [0, 0.05) is 6.54 Å². The van der Waals surface area contributed by atoms with E-state index in [4.69, 9.17) is 11.5 Å². The third-order valence-electron chi connectivity index (χ3n) is 8.53. The van der Waals surface area contributed by atoms with E-state index in [0.29, 0.717) is 0 Å². The number of nitrogens with two attached hydrogens (primary N) is 2. The highest BCUT2D eigenvalue weighted by Crippen LogP contribution is 2.18. The summed E-state index contributed by atoms with van der Waals surface area (Å²) in [6.07, 6.45) is -4.09. The van der Waals surface area contributed by atoms with Gasteiger partial charge in [0.15, 0.2) is 12.0 Å². The number of rotatable bonds is 19. The Morgan fingerprint density at radius 3 is 1.85 bits per heavy atom. The molecule has 1 aromatic rings. The Bertz CT molecular complexity index is 1460. The molecule has 0 unspecified atom stereocenters. The van der Waals surface area contributed by atoms with Crippen LogP contribution in [0.3, 0.4) is 0 Å². The van der Waals surface area contributed by atoms with E-state index >= 15 is 0 Å². The average molecular weight is 750 g/mol. The Morgan fingerprint density at radius 1 is 0.774 bits per heavy atom. The lowest BCUT2D eigenvalue weighted by atomic mass is 9.97. The van der Waals surface area contributed by atoms with Crippen LogP contribution in [-0.4, -0.2) is 123 Å². The van der Waals surface area contributed by atoms with Gasteiger partial charge in [-0.3, -0.25) is 29.0 Å². The second-order valence-electron chi connectivity index (χ2n) is 13.9. The molecule has 19 heteroatoms. The van der Waals surface area contributed by atoms with Gasteiger partial charge in [-0.2, -0.15) is 0 Å². The minimum absolute atomic E-state index is 0.0145. The lowest BCUT2D eigenvalue weighted by molar-refractivity contribution is -0.145. The lowest BCUT2D eigenvalue weighted by Gasteiger charge is -2.33. The van der Waals surface area contributed by atoms with Gasteiger partial charge in [-0.05, 0) is 44.1 Å². The van der Waals surface area contributed by atoms with Gasteiger partial charge in [-0.1, -0.05) is 58.0 Å². The van der Waals surface area contributed by atoms with Crippen molar-refractivity contribution in [3.8, 4) is 0 Å². The van der Waals surface area contributed by atoms with Gasteiger partial charge in [0.2, 0.25) is 29.5 Å². The minimum Gasteiger partial charge on any atom is -0.480 e. The fourth-order valence-electron chi connectivity index (χ4n) is 5.46. The second-order valence-corrected chi connectivity index (χ2v) is 13.9. The maximum absolute atomic E-state index is 13.8. The highest BCUT2D eigenvalue weighted by molar-refractivity contribution is 5.97. The molecule has 1 aliphatic heterocycles. The van der Waals surface area contributed by atoms with Crippen LogP contribution < -0.4 is 43.4 Å². The zero-order valence-electron chi connectivity index (χ0n) is 30.8. The van der Waals surface area contributed by atoms with Gasteiger partial charge in [0.25, 0.3) is 0 Å². The highest BCUT2D eigenvalue weighted by Gasteiger charge is 2.39. The SMILES string of the molecule is CC(C)C[C@@H](NC(=O)[C@H](NC(=O)[C@H](N)[C@@H](C)O)[C@@H](O)c1ccccc1)C(=O)N[C@H](C(=O)N[C@@H](C(=O)N[C@H](C(=O)O)[C@@H](C)O)[C@@H]1CCN=C(N)N1)C(C)C. The number of benzene rings is 1. The maximum Gasteiger partial charge on any atom is 0.328 e. The van der Waals surface area contributed by atoms with Crippen LogP contribution in [0.2, 0.25) is 0 Å². The van der Waals surface area contributed by atoms with Crippen LogP contribution in [0.1, 0.15) is 66.1 Å². The molecule has 0 fully saturated rings. The first-order chi connectivity index (χ1) is 24.7. The number of hydrogen-bond donors (Lipinski definition) is 12. The molecule has 14 N–H and O–H groups in total. The number of guanidine groups is 1. The van der Waals surface area contributed by atoms with Gasteiger partial charge in [0.1, 0.15) is 36.3 Å². The number of nitrogens with zero attached hydrogens (tertiary/aromatic N) is 1. The number of hydrogen-bond acceptors (Lipinski definition) is 13. The van der Waals surface area contributed by atoms with Crippen LogP contribution in [0.4, 0.5) is 0 Å². The molecule has 0 bridgehead atoms. The third-order valence-corrected chi connectivity index (χ3v) is 8.53. The summed E-state index contributed by atoms with van der Waals surface area (Å²) in [5, 5.41) is 55.6. The molecule has 10 atom stereocenters. The largest absolute Gasteiger partial charge is 0.480 e. The van der Waals surface area contributed by atoms with Crippen LogP contribution >= 0.6 is 0 Å². The first-order valence-corrected chi connectivity index (χ1v) is 17.4. The van der Waals surface area contributed by atoms with Crippen molar-refractivity contribution in [3.63, 3.8) is 0 Å². The smallest absolute Gasteiger partial charge is 0.328 e. The second kappa shape index (κ2) is 20.4. The van der Waals surface area contributed by atoms with Crippen molar-refractivity contribution in [2.75, 3.05) is 6.54 Å². The monoisotopic (exact) mass is 749 g/mol. The summed E-state index contributed by atoms with van der Waals surface area (Å²) < 4.78 is 0. The number of nitrogens with one attached hydrogen (secondary N) is 6. The average Bonchev–Trinajstić information content (AvgIpc) is 3.08. The summed E-state index contributed by atoms with van der Waals surface area (Å²) in [6.45, 7) is 9.46. The Labute approximate surface area is 308 Å². The molecule has 0 saturated carbocycles. The molecule has 0 aromatic heterocycles. The van der Waals surface area contributed by atoms with E-state index in [9.17, 15) is 49.2 Å². The summed E-state index contributed by atoms with van der Waals surface area (Å²) in [5.41, 5.74) is 11.9. The number of carboxylic acid groups (broad SMARTS) is 1. The van der Waals surface area contributed by atoms with Crippen LogP contribution in [0.15, 0.2) is 35.3 Å². The predicted molar refractivity (Wildman–Crippen MR) is 192 cm³/mol. The van der Waals surface area contributed by atoms with Gasteiger partial charge in [0.05, 0.1) is 18.2 Å². The molecule has 0 spiro atoms. The van der Waals surface area contributed by atoms with Crippen molar-refractivity contribution in [2.45, 2.75) is 115 Å². The van der Waals surface area contributed by atoms with Crippen molar-refractivity contribution >= 4 is 41.5 Å². The van der Waals surface area contributed by atoms with E-state index in [1.807, 2.05) is 0 Å². The quantitative estimate of drug-likeness (QED) is 0.0660. The molecular weight excluding hydrogens is 694 g/mol. The Hall–Kier alpha value is -4.85. The number of amides is 5. The fraction of sp³-hybridized carbons (Fsp3) is 0.618. The lowest BCUT2D eigenvalue weighted by Crippen LogP contribution is -2.66. The minimum atomic E-state index is -1.70. The maximum atomic E-state index is 13.8. The predicted octanol–water partition coefficient (Wildman–Crippen LogP) is -3.30. The molecular formula is C34H55N9O10. The van der Waals surface area contributed by atoms with Gasteiger partial charge in [-0.25, -0.2) is 4.79 Å². The number of aliphatic hydroxyl groups excluding tert-OH is 3. The van der Waals surface area contributed by atoms with Crippen molar-refractivity contribution in [1.82, 2.24) is 31.9 Å². The first kappa shape index (κ1) is 44.3. The molecule has 2 rings (SSSR count). The van der Waals surface area contributed by atoms with Crippen LogP contribution in [0, 0.1) is 11.8 Å². The molecule has 0 saturated heterocycles. The standard InChI is InChI=1S/C34H55N9O10/c1-15(2)14-21(38-32(51)26(43-29(48)22(35)17(5)44)27(46)19-10-8-7-9-11-19)28(47)40-23(16(3)4)30(49)42-25(20-12-13-37-34(36)39-20)31(50)41-24(18(6)45)33(52)53/h7-11,15-18,20-27,44-46H,12-14,35H2,1-6H3,(H,38,51)(H,40,47)(H,41,50)(H,42,49)(H,43,48)(H,52,53)(H3,36,37,39)/t17-,18-,20+,21-,22-,23+,24+,25-,26-,27+/m1/s1. The Balaban J connectivity index is 2.38. The molecule has 19 nitrogen and oxygen atoms in total. The van der Waals surface area contributed by atoms with Gasteiger partial charge < -0.3 is 63.8 Å². The number of carbonyl (C=O) groups is 6. The molecule has 296 valence electrons. The van der Waals surface area contributed by atoms with Crippen LogP contribution in [0.5, 0.6) is 0 Å². The zero-order chi connectivity index (χ0) is 40.2. The normalized spacial score (nSPS) is 19.4. The number of carbonyl (C=O) groups excluding carboxylic acids is 5. The van der Waals surface area contributed by atoms with Crippen molar-refractivity contribution in [3.05, 3.63) is 35.9 Å². The van der Waals surface area contributed by atoms with E-state index in [-0.39, 0.29) is 36.8 Å². The summed E-state index contributed by atoms with van der Waals surface area (Å²) in [4.78, 5) is 83.4. The Kier molecular flexibility index (Phi) is 17.1. The van der Waals surface area contributed by atoms with E-state index in [1.165, 1.54) is 26.0 Å². The Morgan fingerprint density at radius 2 is 1.34 bits per heavy atom. The van der Waals surface area contributed by atoms with E-state index < -0.39 is 102 Å². The van der Waals surface area contributed by atoms with Crippen molar-refractivity contribution < 1.29 is 49.2 Å². The van der Waals surface area contributed by atoms with Crippen LogP contribution in [-0.2, 0) is 28.8 Å². The number of aliphatic carboxylic acids is 1. The molecule has 1 heterocycles. The van der Waals surface area contributed by atoms with E-state index in [0.717, 1.165) is 0 Å². The number of carboxylic acids is 1. The molecule has 53 heavy (non-hydrogen) atoms. The highest BCUT2D eigenvalue weighted by atomic mass is 16.4. The zero-order valence-corrected chi connectivity index (χ0v) is 30.8. The summed E-state index contributed by atoms with van der Waals surface area (Å²) in [6, 6.07) is -1.69. The van der Waals surface area contributed by atoms with Crippen LogP contribution in [0.25, 0.3) is 0 Å². The van der Waals surface area contributed by atoms with Gasteiger partial charge >= 0.3 is 5.97 Å². The van der Waals surface area contributed by atoms with E-state index in [1.54, 1.807) is 45.9 Å². The summed E-state index contributed by atoms with van der Waals surface area (Å²) in [7, 11) is 0. The number of aliphatic imine (C=N–C) groups is 1. The third kappa shape index (κ3) is 13.3. The summed E-state index contributed by atoms with van der Waals surface area (Å²) in [5.74, 6) is -6.74. The fourth-order valence-corrected chi connectivity index (χ4v) is 5.46. The number of aliphatic hydroxyl groups is 3. The topological polar surface area (TPSA) is 320 Å². The van der Waals surface area contributed by atoms with Gasteiger partial charge in [-0.15, -0.1) is 0 Å². The molecule has 5 amide bonds. The van der Waals surface area contributed by atoms with Crippen molar-refractivity contribution in [2.24, 2.45) is 28.3 Å². The molecule has 1 aromatic carbocycles.